The molecule has 0 atom stereocenters. The van der Waals surface area contributed by atoms with Crippen molar-refractivity contribution in [3.05, 3.63) is 48.0 Å². The van der Waals surface area contributed by atoms with Gasteiger partial charge < -0.3 is 16.0 Å². The van der Waals surface area contributed by atoms with E-state index < -0.39 is 0 Å². The normalized spacial score (nSPS) is 10.2. The number of amides is 1. The molecule has 21 heavy (non-hydrogen) atoms. The number of hydrogen-bond donors (Lipinski definition) is 2. The average Bonchev–Trinajstić information content (AvgIpc) is 2.49. The minimum absolute atomic E-state index is 0.0578. The van der Waals surface area contributed by atoms with Crippen molar-refractivity contribution in [1.29, 1.82) is 0 Å². The van der Waals surface area contributed by atoms with Crippen LogP contribution in [0, 0.1) is 0 Å². The maximum atomic E-state index is 11.9. The first kappa shape index (κ1) is 15.3. The van der Waals surface area contributed by atoms with Crippen molar-refractivity contribution in [3.8, 4) is 0 Å². The Morgan fingerprint density at radius 2 is 1.81 bits per heavy atom. The monoisotopic (exact) mass is 301 g/mol. The quantitative estimate of drug-likeness (QED) is 0.671. The summed E-state index contributed by atoms with van der Waals surface area (Å²) in [5.74, 6) is -0.0578. The zero-order valence-corrected chi connectivity index (χ0v) is 13.2. The van der Waals surface area contributed by atoms with Crippen molar-refractivity contribution in [2.24, 2.45) is 0 Å². The Balaban J connectivity index is 2.19. The van der Waals surface area contributed by atoms with Crippen molar-refractivity contribution < 1.29 is 4.79 Å². The number of hydrogen-bond acceptors (Lipinski definition) is 4. The van der Waals surface area contributed by atoms with Gasteiger partial charge in [-0.15, -0.1) is 11.8 Å². The van der Waals surface area contributed by atoms with Gasteiger partial charge in [-0.1, -0.05) is 0 Å². The molecule has 0 aliphatic rings. The molecule has 2 aromatic carbocycles. The van der Waals surface area contributed by atoms with Crippen LogP contribution in [0.3, 0.4) is 0 Å². The van der Waals surface area contributed by atoms with Crippen LogP contribution in [-0.4, -0.2) is 31.2 Å². The van der Waals surface area contributed by atoms with Crippen LogP contribution < -0.4 is 11.1 Å². The number of nitrogen functional groups attached to an aromatic ring is 1. The molecule has 110 valence electrons. The Labute approximate surface area is 129 Å². The highest BCUT2D eigenvalue weighted by atomic mass is 32.2. The van der Waals surface area contributed by atoms with Gasteiger partial charge in [-0.25, -0.2) is 0 Å². The predicted octanol–water partition coefficient (Wildman–Crippen LogP) is 3.44. The van der Waals surface area contributed by atoms with Crippen LogP contribution in [0.4, 0.5) is 17.1 Å². The summed E-state index contributed by atoms with van der Waals surface area (Å²) in [5.41, 5.74) is 8.92. The number of benzene rings is 2. The second kappa shape index (κ2) is 6.54. The Kier molecular flexibility index (Phi) is 4.75. The molecule has 0 aliphatic carbocycles. The number of carbonyl (C=O) groups excluding carboxylic acids is 1. The largest absolute Gasteiger partial charge is 0.397 e. The van der Waals surface area contributed by atoms with E-state index in [4.69, 9.17) is 5.73 Å². The lowest BCUT2D eigenvalue weighted by Crippen LogP contribution is -2.21. The molecule has 1 amide bonds. The van der Waals surface area contributed by atoms with Gasteiger partial charge in [0.1, 0.15) is 0 Å². The molecule has 0 saturated heterocycles. The number of anilines is 3. The fourth-order valence-corrected chi connectivity index (χ4v) is 2.31. The third-order valence-corrected chi connectivity index (χ3v) is 3.82. The first-order valence-corrected chi connectivity index (χ1v) is 7.76. The van der Waals surface area contributed by atoms with Gasteiger partial charge in [0.15, 0.2) is 0 Å². The molecule has 5 heteroatoms. The second-order valence-corrected chi connectivity index (χ2v) is 5.73. The summed E-state index contributed by atoms with van der Waals surface area (Å²) in [6, 6.07) is 13.4. The third kappa shape index (κ3) is 3.70. The summed E-state index contributed by atoms with van der Waals surface area (Å²) < 4.78 is 0. The molecule has 2 rings (SSSR count). The van der Waals surface area contributed by atoms with Gasteiger partial charge in [0.05, 0.1) is 11.4 Å². The Morgan fingerprint density at radius 1 is 1.14 bits per heavy atom. The zero-order valence-electron chi connectivity index (χ0n) is 12.4. The molecule has 0 heterocycles. The molecular weight excluding hydrogens is 282 g/mol. The molecule has 0 bridgehead atoms. The minimum Gasteiger partial charge on any atom is -0.397 e. The molecule has 3 N–H and O–H groups in total. The van der Waals surface area contributed by atoms with Crippen LogP contribution in [0.2, 0.25) is 0 Å². The number of nitrogens with one attached hydrogen (secondary N) is 1. The summed E-state index contributed by atoms with van der Waals surface area (Å²) >= 11 is 1.70. The van der Waals surface area contributed by atoms with Gasteiger partial charge in [0.25, 0.3) is 5.91 Å². The minimum atomic E-state index is -0.0578. The summed E-state index contributed by atoms with van der Waals surface area (Å²) in [4.78, 5) is 14.6. The lowest BCUT2D eigenvalue weighted by Gasteiger charge is -2.13. The van der Waals surface area contributed by atoms with E-state index >= 15 is 0 Å². The van der Waals surface area contributed by atoms with Crippen LogP contribution in [-0.2, 0) is 0 Å². The molecule has 0 unspecified atom stereocenters. The van der Waals surface area contributed by atoms with Gasteiger partial charge in [0.2, 0.25) is 0 Å². The van der Waals surface area contributed by atoms with Crippen molar-refractivity contribution in [1.82, 2.24) is 4.90 Å². The van der Waals surface area contributed by atoms with Crippen LogP contribution in [0.15, 0.2) is 47.4 Å². The van der Waals surface area contributed by atoms with Crippen molar-refractivity contribution >= 4 is 34.7 Å². The van der Waals surface area contributed by atoms with E-state index in [1.165, 1.54) is 9.80 Å². The van der Waals surface area contributed by atoms with E-state index in [0.29, 0.717) is 11.3 Å². The zero-order chi connectivity index (χ0) is 15.4. The van der Waals surface area contributed by atoms with Crippen LogP contribution in [0.5, 0.6) is 0 Å². The fourth-order valence-electron chi connectivity index (χ4n) is 1.90. The smallest absolute Gasteiger partial charge is 0.253 e. The number of rotatable bonds is 4. The van der Waals surface area contributed by atoms with E-state index in [1.54, 1.807) is 38.0 Å². The van der Waals surface area contributed by atoms with E-state index in [1.807, 2.05) is 36.6 Å². The lowest BCUT2D eigenvalue weighted by atomic mass is 10.1. The van der Waals surface area contributed by atoms with E-state index in [9.17, 15) is 4.79 Å². The number of thioether (sulfide) groups is 1. The van der Waals surface area contributed by atoms with Gasteiger partial charge in [-0.05, 0) is 48.7 Å². The maximum absolute atomic E-state index is 11.9. The van der Waals surface area contributed by atoms with E-state index in [0.717, 1.165) is 11.4 Å². The van der Waals surface area contributed by atoms with Gasteiger partial charge in [-0.3, -0.25) is 4.79 Å². The van der Waals surface area contributed by atoms with Gasteiger partial charge >= 0.3 is 0 Å². The van der Waals surface area contributed by atoms with Crippen LogP contribution in [0.25, 0.3) is 0 Å². The van der Waals surface area contributed by atoms with E-state index in [-0.39, 0.29) is 5.91 Å². The van der Waals surface area contributed by atoms with Crippen molar-refractivity contribution in [3.63, 3.8) is 0 Å². The van der Waals surface area contributed by atoms with Crippen LogP contribution in [0.1, 0.15) is 10.4 Å². The Bertz CT molecular complexity index is 638. The average molecular weight is 301 g/mol. The molecule has 2 aromatic rings. The number of nitrogens with two attached hydrogens (primary N) is 1. The van der Waals surface area contributed by atoms with Gasteiger partial charge in [0, 0.05) is 30.2 Å². The topological polar surface area (TPSA) is 58.4 Å². The van der Waals surface area contributed by atoms with Crippen molar-refractivity contribution in [2.45, 2.75) is 4.90 Å². The van der Waals surface area contributed by atoms with Crippen LogP contribution >= 0.6 is 11.8 Å². The molecular formula is C16H19N3OS. The molecule has 4 nitrogen and oxygen atoms in total. The summed E-state index contributed by atoms with van der Waals surface area (Å²) in [7, 11) is 3.44. The summed E-state index contributed by atoms with van der Waals surface area (Å²) in [6.07, 6.45) is 2.04. The highest BCUT2D eigenvalue weighted by molar-refractivity contribution is 7.98. The molecule has 0 aromatic heterocycles. The predicted molar refractivity (Wildman–Crippen MR) is 90.4 cm³/mol. The lowest BCUT2D eigenvalue weighted by molar-refractivity contribution is 0.0827. The number of nitrogens with zero attached hydrogens (tertiary/aromatic N) is 1. The second-order valence-electron chi connectivity index (χ2n) is 4.86. The molecule has 0 spiro atoms. The summed E-state index contributed by atoms with van der Waals surface area (Å²) in [5, 5.41) is 3.26. The molecule has 0 fully saturated rings. The van der Waals surface area contributed by atoms with E-state index in [2.05, 4.69) is 5.32 Å². The first-order valence-electron chi connectivity index (χ1n) is 6.53. The van der Waals surface area contributed by atoms with Gasteiger partial charge in [-0.2, -0.15) is 0 Å². The molecule has 0 saturated carbocycles. The standard InChI is InChI=1S/C16H19N3OS/c1-19(2)16(20)11-4-9-15(14(17)10-11)18-12-5-7-13(21-3)8-6-12/h4-10,18H,17H2,1-3H3. The summed E-state index contributed by atoms with van der Waals surface area (Å²) in [6.45, 7) is 0. The molecule has 0 radical (unpaired) electrons. The highest BCUT2D eigenvalue weighted by Gasteiger charge is 2.10. The third-order valence-electron chi connectivity index (χ3n) is 3.07. The number of carbonyl (C=O) groups is 1. The Hall–Kier alpha value is -2.14. The first-order chi connectivity index (χ1) is 10.0. The Morgan fingerprint density at radius 3 is 2.33 bits per heavy atom. The fraction of sp³-hybridized carbons (Fsp3) is 0.188. The SMILES string of the molecule is CSc1ccc(Nc2ccc(C(=O)N(C)C)cc2N)cc1. The molecule has 0 aliphatic heterocycles. The van der Waals surface area contributed by atoms with Crippen molar-refractivity contribution in [2.75, 3.05) is 31.4 Å². The maximum Gasteiger partial charge on any atom is 0.253 e. The highest BCUT2D eigenvalue weighted by Crippen LogP contribution is 2.26.